The number of aliphatic hydroxyl groups excluding tert-OH is 3. The Bertz CT molecular complexity index is 973. The molecule has 5 aliphatic rings. The third-order valence-electron chi connectivity index (χ3n) is 9.54. The number of carbonyl (C=O) groups excluding carboxylic acids is 3. The van der Waals surface area contributed by atoms with Gasteiger partial charge in [-0.05, 0) is 38.2 Å². The topological polar surface area (TPSA) is 140 Å². The quantitative estimate of drug-likeness (QED) is 0.496. The van der Waals surface area contributed by atoms with E-state index in [1.54, 1.807) is 20.8 Å². The fourth-order valence-electron chi connectivity index (χ4n) is 8.20. The molecule has 2 bridgehead atoms. The highest BCUT2D eigenvalue weighted by Gasteiger charge is 2.82. The lowest BCUT2D eigenvalue weighted by molar-refractivity contribution is -0.297. The monoisotopic (exact) mass is 478 g/mol. The fourth-order valence-corrected chi connectivity index (χ4v) is 8.20. The Morgan fingerprint density at radius 2 is 1.88 bits per heavy atom. The van der Waals surface area contributed by atoms with Gasteiger partial charge in [-0.3, -0.25) is 9.59 Å². The lowest BCUT2D eigenvalue weighted by Gasteiger charge is -2.68. The molecular formula is C25H34O9. The van der Waals surface area contributed by atoms with Gasteiger partial charge in [-0.2, -0.15) is 0 Å². The highest BCUT2D eigenvalue weighted by molar-refractivity contribution is 5.96. The van der Waals surface area contributed by atoms with Crippen molar-refractivity contribution in [2.75, 3.05) is 6.61 Å². The normalized spacial score (nSPS) is 51.4. The predicted octanol–water partition coefficient (Wildman–Crippen LogP) is 0.529. The number of hydrogen-bond donors (Lipinski definition) is 3. The van der Waals surface area contributed by atoms with E-state index in [1.807, 2.05) is 13.8 Å². The van der Waals surface area contributed by atoms with Gasteiger partial charge < -0.3 is 29.5 Å². The van der Waals surface area contributed by atoms with E-state index >= 15 is 0 Å². The molecule has 5 rings (SSSR count). The molecule has 1 unspecified atom stereocenters. The molecule has 0 aromatic heterocycles. The molecule has 2 heterocycles. The number of ether oxygens (including phenoxy) is 3. The van der Waals surface area contributed by atoms with Crippen molar-refractivity contribution in [3.8, 4) is 0 Å². The Labute approximate surface area is 198 Å². The average molecular weight is 479 g/mol. The molecule has 0 aromatic rings. The highest BCUT2D eigenvalue weighted by atomic mass is 16.6. The van der Waals surface area contributed by atoms with E-state index in [2.05, 4.69) is 0 Å². The second kappa shape index (κ2) is 7.35. The van der Waals surface area contributed by atoms with Crippen LogP contribution in [-0.4, -0.2) is 75.8 Å². The van der Waals surface area contributed by atoms with Crippen molar-refractivity contribution in [3.63, 3.8) is 0 Å². The van der Waals surface area contributed by atoms with Crippen LogP contribution in [0.25, 0.3) is 0 Å². The Kier molecular flexibility index (Phi) is 5.17. The number of hydrogen-bond acceptors (Lipinski definition) is 9. The van der Waals surface area contributed by atoms with Gasteiger partial charge in [0, 0.05) is 23.2 Å². The first kappa shape index (κ1) is 23.9. The molecule has 0 aromatic carbocycles. The minimum Gasteiger partial charge on any atom is -0.459 e. The van der Waals surface area contributed by atoms with Crippen LogP contribution in [-0.2, 0) is 28.6 Å². The van der Waals surface area contributed by atoms with Gasteiger partial charge >= 0.3 is 11.9 Å². The molecule has 3 N–H and O–H groups in total. The molecule has 4 fully saturated rings. The van der Waals surface area contributed by atoms with E-state index in [0.717, 1.165) is 5.57 Å². The molecule has 2 aliphatic heterocycles. The Balaban J connectivity index is 1.68. The lowest BCUT2D eigenvalue weighted by Crippen LogP contribution is -2.78. The van der Waals surface area contributed by atoms with E-state index in [1.165, 1.54) is 6.08 Å². The molecule has 3 aliphatic carbocycles. The van der Waals surface area contributed by atoms with E-state index < -0.39 is 76.5 Å². The van der Waals surface area contributed by atoms with Gasteiger partial charge in [0.25, 0.3) is 0 Å². The summed E-state index contributed by atoms with van der Waals surface area (Å²) in [5, 5.41) is 34.0. The molecule has 0 amide bonds. The first-order valence-electron chi connectivity index (χ1n) is 12.1. The van der Waals surface area contributed by atoms with Gasteiger partial charge in [-0.15, -0.1) is 0 Å². The maximum atomic E-state index is 13.2. The second-order valence-corrected chi connectivity index (χ2v) is 11.8. The van der Waals surface area contributed by atoms with Gasteiger partial charge in [-0.25, -0.2) is 4.79 Å². The third kappa shape index (κ3) is 2.72. The first-order valence-corrected chi connectivity index (χ1v) is 12.1. The van der Waals surface area contributed by atoms with Crippen LogP contribution in [0.1, 0.15) is 47.5 Å². The van der Waals surface area contributed by atoms with E-state index in [-0.39, 0.29) is 24.9 Å². The standard InChI is InChI=1S/C25H34O9/c1-10(2)6-15(27)34-17-19-24(5)21(30)16(28)18-23(4)12(11(3)7-13(26)20(23)29)8-14(33-22(17)31)25(18,19)9-32-24/h7,10,12,14,16-21,28-30H,6,8-9H2,1-5H3/t12-,14+,16+,17+,18?,19-,20+,21-,23-,24-,25+/m0/s1. The first-order chi connectivity index (χ1) is 15.8. The number of allylic oxidation sites excluding steroid dienone is 1. The molecule has 34 heavy (non-hydrogen) atoms. The Morgan fingerprint density at radius 3 is 2.53 bits per heavy atom. The zero-order chi connectivity index (χ0) is 25.0. The van der Waals surface area contributed by atoms with Crippen molar-refractivity contribution in [2.45, 2.75) is 83.6 Å². The number of rotatable bonds is 3. The van der Waals surface area contributed by atoms with Crippen LogP contribution in [0.3, 0.4) is 0 Å². The Morgan fingerprint density at radius 1 is 1.21 bits per heavy atom. The highest BCUT2D eigenvalue weighted by Crippen LogP contribution is 2.72. The van der Waals surface area contributed by atoms with Crippen molar-refractivity contribution in [2.24, 2.45) is 34.5 Å². The van der Waals surface area contributed by atoms with Crippen LogP contribution in [0.15, 0.2) is 11.6 Å². The van der Waals surface area contributed by atoms with Crippen LogP contribution in [0, 0.1) is 34.5 Å². The summed E-state index contributed by atoms with van der Waals surface area (Å²) in [5.41, 5.74) is -2.83. The largest absolute Gasteiger partial charge is 0.459 e. The number of aliphatic hydroxyl groups is 3. The summed E-state index contributed by atoms with van der Waals surface area (Å²) < 4.78 is 17.8. The molecule has 2 saturated heterocycles. The average Bonchev–Trinajstić information content (AvgIpc) is 3.01. The lowest BCUT2D eigenvalue weighted by atomic mass is 9.38. The predicted molar refractivity (Wildman–Crippen MR) is 116 cm³/mol. The van der Waals surface area contributed by atoms with Crippen molar-refractivity contribution in [3.05, 3.63) is 11.6 Å². The summed E-state index contributed by atoms with van der Waals surface area (Å²) in [6.07, 6.45) is -4.36. The molecular weight excluding hydrogens is 444 g/mol. The summed E-state index contributed by atoms with van der Waals surface area (Å²) in [6, 6.07) is 0. The zero-order valence-corrected chi connectivity index (χ0v) is 20.2. The summed E-state index contributed by atoms with van der Waals surface area (Å²) in [7, 11) is 0. The molecule has 188 valence electrons. The minimum atomic E-state index is -1.43. The number of fused-ring (bicyclic) bond motifs is 2. The van der Waals surface area contributed by atoms with Crippen molar-refractivity contribution in [1.29, 1.82) is 0 Å². The van der Waals surface area contributed by atoms with Gasteiger partial charge in [-0.1, -0.05) is 26.3 Å². The molecule has 2 saturated carbocycles. The molecule has 9 heteroatoms. The van der Waals surface area contributed by atoms with Crippen molar-refractivity contribution < 1.29 is 43.9 Å². The molecule has 1 spiro atoms. The number of esters is 2. The van der Waals surface area contributed by atoms with Crippen LogP contribution in [0.2, 0.25) is 0 Å². The Hall–Kier alpha value is -1.81. The van der Waals surface area contributed by atoms with E-state index in [4.69, 9.17) is 14.2 Å². The maximum Gasteiger partial charge on any atom is 0.348 e. The smallest absolute Gasteiger partial charge is 0.348 e. The molecule has 11 atom stereocenters. The van der Waals surface area contributed by atoms with Gasteiger partial charge in [0.05, 0.1) is 18.6 Å². The number of ketones is 1. The van der Waals surface area contributed by atoms with Crippen LogP contribution < -0.4 is 0 Å². The molecule has 9 nitrogen and oxygen atoms in total. The van der Waals surface area contributed by atoms with Crippen LogP contribution >= 0.6 is 0 Å². The van der Waals surface area contributed by atoms with E-state index in [9.17, 15) is 29.7 Å². The summed E-state index contributed by atoms with van der Waals surface area (Å²) in [6.45, 7) is 8.94. The zero-order valence-electron chi connectivity index (χ0n) is 20.2. The summed E-state index contributed by atoms with van der Waals surface area (Å²) >= 11 is 0. The maximum absolute atomic E-state index is 13.2. The van der Waals surface area contributed by atoms with E-state index in [0.29, 0.717) is 6.42 Å². The van der Waals surface area contributed by atoms with Crippen LogP contribution in [0.4, 0.5) is 0 Å². The van der Waals surface area contributed by atoms with Crippen LogP contribution in [0.5, 0.6) is 0 Å². The summed E-state index contributed by atoms with van der Waals surface area (Å²) in [5.74, 6) is -3.71. The van der Waals surface area contributed by atoms with Gasteiger partial charge in [0.15, 0.2) is 5.78 Å². The second-order valence-electron chi connectivity index (χ2n) is 11.8. The fraction of sp³-hybridized carbons (Fsp3) is 0.800. The third-order valence-corrected chi connectivity index (χ3v) is 9.54. The molecule has 0 radical (unpaired) electrons. The minimum absolute atomic E-state index is 0.0145. The SMILES string of the molecule is CC1=CC(=O)[C@@H](O)[C@]2(C)C3[C@@H](O)[C@H](O)[C@@]4(C)OC[C@@]35[C@@H](C[C@@H]12)OC(=O)[C@H](OC(=O)CC(C)C)[C@@H]45. The van der Waals surface area contributed by atoms with Crippen molar-refractivity contribution >= 4 is 17.7 Å². The summed E-state index contributed by atoms with van der Waals surface area (Å²) in [4.78, 5) is 38.6. The van der Waals surface area contributed by atoms with Gasteiger partial charge in [0.2, 0.25) is 6.10 Å². The number of carbonyl (C=O) groups is 3. The van der Waals surface area contributed by atoms with Crippen molar-refractivity contribution in [1.82, 2.24) is 0 Å². The van der Waals surface area contributed by atoms with Gasteiger partial charge in [0.1, 0.15) is 23.9 Å².